The second kappa shape index (κ2) is 3.55. The molecule has 2 N–H and O–H groups in total. The molecule has 0 aliphatic heterocycles. The predicted molar refractivity (Wildman–Crippen MR) is 44.3 cm³/mol. The van der Waals surface area contributed by atoms with Crippen LogP contribution in [0, 0.1) is 5.92 Å². The maximum Gasteiger partial charge on any atom is 0.0681 e. The van der Waals surface area contributed by atoms with Crippen LogP contribution in [0.5, 0.6) is 0 Å². The van der Waals surface area contributed by atoms with E-state index in [1.54, 1.807) is 0 Å². The highest BCUT2D eigenvalue weighted by molar-refractivity contribution is 5.02. The minimum Gasteiger partial charge on any atom is -0.396 e. The lowest BCUT2D eigenvalue weighted by atomic mass is 10.1. The third-order valence-electron chi connectivity index (χ3n) is 2.64. The van der Waals surface area contributed by atoms with Crippen molar-refractivity contribution in [2.24, 2.45) is 5.92 Å². The number of unbranched alkanes of at least 4 members (excludes halogenated alkanes) is 1. The third kappa shape index (κ3) is 2.17. The number of rotatable bonds is 5. The van der Waals surface area contributed by atoms with Gasteiger partial charge in [0.05, 0.1) is 5.60 Å². The van der Waals surface area contributed by atoms with Crippen LogP contribution in [0.2, 0.25) is 0 Å². The Morgan fingerprint density at radius 1 is 1.55 bits per heavy atom. The highest BCUT2D eigenvalue weighted by Gasteiger charge is 2.50. The lowest BCUT2D eigenvalue weighted by Crippen LogP contribution is -2.11. The highest BCUT2D eigenvalue weighted by atomic mass is 16.3. The molecule has 1 aliphatic carbocycles. The van der Waals surface area contributed by atoms with Crippen molar-refractivity contribution in [3.63, 3.8) is 0 Å². The molecule has 66 valence electrons. The number of aliphatic hydroxyl groups is 2. The molecule has 0 radical (unpaired) electrons. The van der Waals surface area contributed by atoms with Gasteiger partial charge in [0.15, 0.2) is 0 Å². The van der Waals surface area contributed by atoms with Gasteiger partial charge in [-0.2, -0.15) is 0 Å². The first-order valence-corrected chi connectivity index (χ1v) is 4.56. The van der Waals surface area contributed by atoms with Gasteiger partial charge in [-0.05, 0) is 25.2 Å². The standard InChI is InChI=1S/C9H18O2/c1-2-3-5-9(11)7-8(9)4-6-10/h8,10-11H,2-7H2,1H3. The fourth-order valence-corrected chi connectivity index (χ4v) is 1.68. The molecule has 0 aromatic carbocycles. The van der Waals surface area contributed by atoms with Crippen molar-refractivity contribution in [2.75, 3.05) is 6.61 Å². The maximum absolute atomic E-state index is 9.74. The van der Waals surface area contributed by atoms with Crippen LogP contribution < -0.4 is 0 Å². The lowest BCUT2D eigenvalue weighted by Gasteiger charge is -2.07. The first-order valence-electron chi connectivity index (χ1n) is 4.56. The van der Waals surface area contributed by atoms with Gasteiger partial charge < -0.3 is 10.2 Å². The Morgan fingerprint density at radius 2 is 2.27 bits per heavy atom. The van der Waals surface area contributed by atoms with Gasteiger partial charge in [0.2, 0.25) is 0 Å². The third-order valence-corrected chi connectivity index (χ3v) is 2.64. The summed E-state index contributed by atoms with van der Waals surface area (Å²) in [4.78, 5) is 0. The van der Waals surface area contributed by atoms with Crippen LogP contribution in [0.3, 0.4) is 0 Å². The van der Waals surface area contributed by atoms with Crippen LogP contribution in [0.4, 0.5) is 0 Å². The molecule has 0 saturated heterocycles. The Bertz CT molecular complexity index is 125. The fourth-order valence-electron chi connectivity index (χ4n) is 1.68. The summed E-state index contributed by atoms with van der Waals surface area (Å²) in [7, 11) is 0. The summed E-state index contributed by atoms with van der Waals surface area (Å²) in [5, 5.41) is 18.4. The Hall–Kier alpha value is -0.0800. The summed E-state index contributed by atoms with van der Waals surface area (Å²) in [6.07, 6.45) is 4.87. The van der Waals surface area contributed by atoms with Crippen molar-refractivity contribution in [1.82, 2.24) is 0 Å². The van der Waals surface area contributed by atoms with Crippen molar-refractivity contribution >= 4 is 0 Å². The molecule has 1 saturated carbocycles. The summed E-state index contributed by atoms with van der Waals surface area (Å²) in [6.45, 7) is 2.35. The zero-order valence-corrected chi connectivity index (χ0v) is 7.21. The molecule has 0 bridgehead atoms. The minimum absolute atomic E-state index is 0.221. The van der Waals surface area contributed by atoms with Gasteiger partial charge in [0, 0.05) is 6.61 Å². The maximum atomic E-state index is 9.74. The first-order chi connectivity index (χ1) is 5.23. The SMILES string of the molecule is CCCCC1(O)CC1CCO. The van der Waals surface area contributed by atoms with Crippen molar-refractivity contribution in [1.29, 1.82) is 0 Å². The number of aliphatic hydroxyl groups excluding tert-OH is 1. The average Bonchev–Trinajstić information content (AvgIpc) is 2.60. The van der Waals surface area contributed by atoms with Gasteiger partial charge in [-0.3, -0.25) is 0 Å². The van der Waals surface area contributed by atoms with Crippen LogP contribution in [0.1, 0.15) is 39.0 Å². The summed E-state index contributed by atoms with van der Waals surface area (Å²) in [6, 6.07) is 0. The molecule has 1 fully saturated rings. The monoisotopic (exact) mass is 158 g/mol. The van der Waals surface area contributed by atoms with E-state index in [4.69, 9.17) is 5.11 Å². The topological polar surface area (TPSA) is 40.5 Å². The lowest BCUT2D eigenvalue weighted by molar-refractivity contribution is 0.111. The highest BCUT2D eigenvalue weighted by Crippen LogP contribution is 2.48. The van der Waals surface area contributed by atoms with E-state index in [2.05, 4.69) is 6.92 Å². The molecule has 0 amide bonds. The predicted octanol–water partition coefficient (Wildman–Crippen LogP) is 1.31. The van der Waals surface area contributed by atoms with Gasteiger partial charge in [-0.15, -0.1) is 0 Å². The van der Waals surface area contributed by atoms with Crippen LogP contribution in [-0.2, 0) is 0 Å². The summed E-state index contributed by atoms with van der Waals surface area (Å²) in [5.41, 5.74) is -0.390. The van der Waals surface area contributed by atoms with Crippen LogP contribution >= 0.6 is 0 Å². The van der Waals surface area contributed by atoms with E-state index in [1.807, 2.05) is 0 Å². The fraction of sp³-hybridized carbons (Fsp3) is 1.00. The molecule has 2 atom stereocenters. The molecule has 0 spiro atoms. The Morgan fingerprint density at radius 3 is 2.82 bits per heavy atom. The summed E-state index contributed by atoms with van der Waals surface area (Å²) < 4.78 is 0. The van der Waals surface area contributed by atoms with E-state index in [1.165, 1.54) is 0 Å². The Labute approximate surface area is 68.2 Å². The molecule has 0 aromatic rings. The molecule has 2 heteroatoms. The normalized spacial score (nSPS) is 35.7. The average molecular weight is 158 g/mol. The summed E-state index contributed by atoms with van der Waals surface area (Å²) in [5.74, 6) is 0.388. The van der Waals surface area contributed by atoms with Crippen molar-refractivity contribution in [3.05, 3.63) is 0 Å². The zero-order chi connectivity index (χ0) is 8.32. The molecule has 0 heterocycles. The molecular weight excluding hydrogens is 140 g/mol. The van der Waals surface area contributed by atoms with E-state index in [0.717, 1.165) is 32.1 Å². The second-order valence-corrected chi connectivity index (χ2v) is 3.62. The minimum atomic E-state index is -0.390. The van der Waals surface area contributed by atoms with E-state index in [0.29, 0.717) is 5.92 Å². The molecule has 1 aliphatic rings. The Kier molecular flexibility index (Phi) is 2.90. The van der Waals surface area contributed by atoms with Crippen LogP contribution in [-0.4, -0.2) is 22.4 Å². The second-order valence-electron chi connectivity index (χ2n) is 3.62. The number of hydrogen-bond donors (Lipinski definition) is 2. The van der Waals surface area contributed by atoms with Gasteiger partial charge >= 0.3 is 0 Å². The number of hydrogen-bond acceptors (Lipinski definition) is 2. The van der Waals surface area contributed by atoms with Crippen molar-refractivity contribution in [3.8, 4) is 0 Å². The molecule has 11 heavy (non-hydrogen) atoms. The first kappa shape index (κ1) is 9.01. The molecular formula is C9H18O2. The van der Waals surface area contributed by atoms with E-state index < -0.39 is 5.60 Å². The largest absolute Gasteiger partial charge is 0.396 e. The van der Waals surface area contributed by atoms with Crippen molar-refractivity contribution in [2.45, 2.75) is 44.6 Å². The molecule has 1 rings (SSSR count). The smallest absolute Gasteiger partial charge is 0.0681 e. The van der Waals surface area contributed by atoms with Crippen LogP contribution in [0.15, 0.2) is 0 Å². The van der Waals surface area contributed by atoms with Crippen molar-refractivity contribution < 1.29 is 10.2 Å². The zero-order valence-electron chi connectivity index (χ0n) is 7.21. The quantitative estimate of drug-likeness (QED) is 0.633. The van der Waals surface area contributed by atoms with Gasteiger partial charge in [-0.25, -0.2) is 0 Å². The molecule has 2 nitrogen and oxygen atoms in total. The molecule has 2 unspecified atom stereocenters. The van der Waals surface area contributed by atoms with Gasteiger partial charge in [0.1, 0.15) is 0 Å². The Balaban J connectivity index is 2.14. The van der Waals surface area contributed by atoms with E-state index in [9.17, 15) is 5.11 Å². The van der Waals surface area contributed by atoms with Gasteiger partial charge in [0.25, 0.3) is 0 Å². The molecule has 0 aromatic heterocycles. The van der Waals surface area contributed by atoms with E-state index >= 15 is 0 Å². The van der Waals surface area contributed by atoms with E-state index in [-0.39, 0.29) is 6.61 Å². The van der Waals surface area contributed by atoms with Crippen LogP contribution in [0.25, 0.3) is 0 Å². The summed E-state index contributed by atoms with van der Waals surface area (Å²) >= 11 is 0. The van der Waals surface area contributed by atoms with Gasteiger partial charge in [-0.1, -0.05) is 19.8 Å².